The van der Waals surface area contributed by atoms with Crippen molar-refractivity contribution in [1.29, 1.82) is 0 Å². The summed E-state index contributed by atoms with van der Waals surface area (Å²) in [6, 6.07) is 8.14. The van der Waals surface area contributed by atoms with Crippen molar-refractivity contribution in [2.45, 2.75) is 30.6 Å². The van der Waals surface area contributed by atoms with Gasteiger partial charge in [-0.25, -0.2) is 0 Å². The monoisotopic (exact) mass is 329 g/mol. The number of aromatic amines is 1. The molecule has 2 aliphatic rings. The molecule has 0 unspecified atom stereocenters. The van der Waals surface area contributed by atoms with E-state index >= 15 is 0 Å². The highest BCUT2D eigenvalue weighted by Gasteiger charge is 2.52. The Morgan fingerprint density at radius 1 is 1.50 bits per heavy atom. The zero-order chi connectivity index (χ0) is 16.6. The van der Waals surface area contributed by atoms with Crippen molar-refractivity contribution < 1.29 is 14.6 Å². The van der Waals surface area contributed by atoms with Crippen LogP contribution in [-0.4, -0.2) is 58.7 Å². The van der Waals surface area contributed by atoms with Gasteiger partial charge in [0.15, 0.2) is 0 Å². The van der Waals surface area contributed by atoms with Gasteiger partial charge in [-0.05, 0) is 24.1 Å². The van der Waals surface area contributed by atoms with Crippen LogP contribution in [0.4, 0.5) is 0 Å². The summed E-state index contributed by atoms with van der Waals surface area (Å²) in [6.45, 7) is 2.81. The van der Waals surface area contributed by atoms with E-state index in [0.29, 0.717) is 19.1 Å². The van der Waals surface area contributed by atoms with Gasteiger partial charge in [-0.2, -0.15) is 5.10 Å². The zero-order valence-electron chi connectivity index (χ0n) is 13.8. The highest BCUT2D eigenvalue weighted by molar-refractivity contribution is 5.32. The first-order valence-electron chi connectivity index (χ1n) is 8.34. The van der Waals surface area contributed by atoms with Crippen molar-refractivity contribution in [3.8, 4) is 5.75 Å². The summed E-state index contributed by atoms with van der Waals surface area (Å²) in [6.07, 6.45) is 4.10. The van der Waals surface area contributed by atoms with E-state index in [0.717, 1.165) is 30.8 Å². The van der Waals surface area contributed by atoms with Crippen molar-refractivity contribution in [2.24, 2.45) is 0 Å². The molecule has 2 aliphatic heterocycles. The molecule has 24 heavy (non-hydrogen) atoms. The van der Waals surface area contributed by atoms with Gasteiger partial charge in [-0.3, -0.25) is 10.00 Å². The molecule has 1 aromatic carbocycles. The summed E-state index contributed by atoms with van der Waals surface area (Å²) in [5.74, 6) is 1.16. The molecule has 1 spiro atoms. The first kappa shape index (κ1) is 15.6. The number of hydrogen-bond acceptors (Lipinski definition) is 5. The van der Waals surface area contributed by atoms with Gasteiger partial charge in [0, 0.05) is 37.3 Å². The fraction of sp³-hybridized carbons (Fsp3) is 0.500. The van der Waals surface area contributed by atoms with Crippen LogP contribution < -0.4 is 4.74 Å². The van der Waals surface area contributed by atoms with Gasteiger partial charge in [0.1, 0.15) is 11.4 Å². The molecule has 6 nitrogen and oxygen atoms in total. The van der Waals surface area contributed by atoms with Gasteiger partial charge in [0.25, 0.3) is 0 Å². The molecule has 3 atom stereocenters. The van der Waals surface area contributed by atoms with E-state index < -0.39 is 11.7 Å². The third-order valence-corrected chi connectivity index (χ3v) is 5.22. The molecule has 0 aliphatic carbocycles. The Labute approximate surface area is 141 Å². The maximum atomic E-state index is 10.6. The largest absolute Gasteiger partial charge is 0.497 e. The first-order valence-corrected chi connectivity index (χ1v) is 8.34. The number of aromatic nitrogens is 2. The van der Waals surface area contributed by atoms with Crippen LogP contribution >= 0.6 is 0 Å². The summed E-state index contributed by atoms with van der Waals surface area (Å²) < 4.78 is 11.5. The van der Waals surface area contributed by atoms with Crippen molar-refractivity contribution in [2.75, 3.05) is 26.8 Å². The molecule has 1 aromatic heterocycles. The minimum absolute atomic E-state index is 0.295. The Morgan fingerprint density at radius 3 is 3.21 bits per heavy atom. The average molecular weight is 329 g/mol. The molecule has 6 heteroatoms. The van der Waals surface area contributed by atoms with Crippen molar-refractivity contribution in [3.05, 3.63) is 47.8 Å². The lowest BCUT2D eigenvalue weighted by atomic mass is 9.87. The molecule has 2 N–H and O–H groups in total. The Kier molecular flexibility index (Phi) is 4.04. The Bertz CT molecular complexity index is 691. The number of likely N-dealkylation sites (tertiary alicyclic amines) is 1. The third-order valence-electron chi connectivity index (χ3n) is 5.22. The average Bonchev–Trinajstić information content (AvgIpc) is 3.31. The van der Waals surface area contributed by atoms with Crippen LogP contribution in [-0.2, 0) is 11.3 Å². The van der Waals surface area contributed by atoms with Crippen LogP contribution in [0.25, 0.3) is 0 Å². The number of aliphatic hydroxyl groups is 1. The third kappa shape index (κ3) is 2.81. The van der Waals surface area contributed by atoms with Gasteiger partial charge in [0.2, 0.25) is 0 Å². The Morgan fingerprint density at radius 2 is 2.42 bits per heavy atom. The van der Waals surface area contributed by atoms with Gasteiger partial charge in [0.05, 0.1) is 26.0 Å². The van der Waals surface area contributed by atoms with Crippen LogP contribution in [0.15, 0.2) is 36.7 Å². The van der Waals surface area contributed by atoms with Crippen LogP contribution in [0.3, 0.4) is 0 Å². The fourth-order valence-corrected chi connectivity index (χ4v) is 3.96. The second kappa shape index (κ2) is 6.20. The maximum absolute atomic E-state index is 10.6. The summed E-state index contributed by atoms with van der Waals surface area (Å²) in [4.78, 5) is 2.24. The van der Waals surface area contributed by atoms with E-state index in [1.165, 1.54) is 5.56 Å². The number of hydrogen-bond donors (Lipinski definition) is 2. The number of aliphatic hydroxyl groups excluding tert-OH is 1. The van der Waals surface area contributed by atoms with E-state index in [-0.39, 0.29) is 0 Å². The summed E-state index contributed by atoms with van der Waals surface area (Å²) >= 11 is 0. The SMILES string of the molecule is COc1cccc([C@H]2CO[C@]3(C2)CN(Cc2cn[nH]c2)C[C@H]3O)c1. The van der Waals surface area contributed by atoms with Gasteiger partial charge >= 0.3 is 0 Å². The topological polar surface area (TPSA) is 70.6 Å². The lowest BCUT2D eigenvalue weighted by Crippen LogP contribution is -2.41. The van der Waals surface area contributed by atoms with Crippen LogP contribution in [0, 0.1) is 0 Å². The summed E-state index contributed by atoms with van der Waals surface area (Å²) in [7, 11) is 1.68. The van der Waals surface area contributed by atoms with E-state index in [2.05, 4.69) is 27.2 Å². The van der Waals surface area contributed by atoms with Gasteiger partial charge in [-0.1, -0.05) is 12.1 Å². The van der Waals surface area contributed by atoms with Crippen molar-refractivity contribution >= 4 is 0 Å². The van der Waals surface area contributed by atoms with Crippen LogP contribution in [0.5, 0.6) is 5.75 Å². The molecular formula is C18H23N3O3. The highest BCUT2D eigenvalue weighted by atomic mass is 16.5. The minimum Gasteiger partial charge on any atom is -0.497 e. The lowest BCUT2D eigenvalue weighted by molar-refractivity contribution is -0.0594. The van der Waals surface area contributed by atoms with E-state index in [9.17, 15) is 5.11 Å². The maximum Gasteiger partial charge on any atom is 0.119 e. The second-order valence-corrected chi connectivity index (χ2v) is 6.85. The van der Waals surface area contributed by atoms with E-state index in [4.69, 9.17) is 9.47 Å². The Hall–Kier alpha value is -1.89. The Balaban J connectivity index is 1.46. The predicted molar refractivity (Wildman–Crippen MR) is 88.9 cm³/mol. The van der Waals surface area contributed by atoms with Gasteiger partial charge < -0.3 is 14.6 Å². The molecule has 128 valence electrons. The summed E-state index contributed by atoms with van der Waals surface area (Å²) in [5.41, 5.74) is 1.88. The van der Waals surface area contributed by atoms with Crippen LogP contribution in [0.1, 0.15) is 23.5 Å². The fourth-order valence-electron chi connectivity index (χ4n) is 3.96. The number of nitrogens with one attached hydrogen (secondary N) is 1. The minimum atomic E-state index is -0.461. The lowest BCUT2D eigenvalue weighted by Gasteiger charge is -2.26. The number of ether oxygens (including phenoxy) is 2. The van der Waals surface area contributed by atoms with E-state index in [1.807, 2.05) is 24.5 Å². The van der Waals surface area contributed by atoms with Crippen molar-refractivity contribution in [3.63, 3.8) is 0 Å². The molecular weight excluding hydrogens is 306 g/mol. The number of methoxy groups -OCH3 is 1. The number of nitrogens with zero attached hydrogens (tertiary/aromatic N) is 2. The quantitative estimate of drug-likeness (QED) is 0.890. The standard InChI is InChI=1S/C18H23N3O3/c1-23-16-4-2-3-14(5-16)15-6-18(24-11-15)12-21(10-17(18)22)9-13-7-19-20-8-13/h2-5,7-8,15,17,22H,6,9-12H2,1H3,(H,19,20)/t15-,17-,18-/m1/s1. The molecule has 2 aromatic rings. The highest BCUT2D eigenvalue weighted by Crippen LogP contribution is 2.43. The molecule has 0 radical (unpaired) electrons. The molecule has 4 rings (SSSR count). The molecule has 0 amide bonds. The number of β-amino-alcohol motifs (C(OH)–C–C–N with tert-alkyl or cyclic N) is 1. The molecule has 0 saturated carbocycles. The normalized spacial score (nSPS) is 30.2. The molecule has 3 heterocycles. The molecule has 0 bridgehead atoms. The first-order chi connectivity index (χ1) is 11.7. The molecule has 2 fully saturated rings. The van der Waals surface area contributed by atoms with Gasteiger partial charge in [-0.15, -0.1) is 0 Å². The van der Waals surface area contributed by atoms with Crippen LogP contribution in [0.2, 0.25) is 0 Å². The smallest absolute Gasteiger partial charge is 0.119 e. The van der Waals surface area contributed by atoms with Crippen molar-refractivity contribution in [1.82, 2.24) is 15.1 Å². The predicted octanol–water partition coefficient (Wildman–Crippen LogP) is 1.54. The van der Waals surface area contributed by atoms with E-state index in [1.54, 1.807) is 7.11 Å². The number of H-pyrrole nitrogens is 1. The summed E-state index contributed by atoms with van der Waals surface area (Å²) in [5, 5.41) is 17.4. The number of rotatable bonds is 4. The number of benzene rings is 1. The molecule has 2 saturated heterocycles. The zero-order valence-corrected chi connectivity index (χ0v) is 13.8. The second-order valence-electron chi connectivity index (χ2n) is 6.85.